The Balaban J connectivity index is 1.39. The highest BCUT2D eigenvalue weighted by Gasteiger charge is 2.44. The standard InChI is InChI=1S/C23H26N4O2/c1-23(16-29-17-23)21(28)25-11-13-26(14-12-25)22-24-19-9-5-6-10-20(19)27(22)15-18-7-3-2-4-8-18/h2-10H,11-17H2,1H3. The van der Waals surface area contributed by atoms with E-state index in [-0.39, 0.29) is 11.3 Å². The van der Waals surface area contributed by atoms with Gasteiger partial charge in [-0.25, -0.2) is 4.98 Å². The van der Waals surface area contributed by atoms with E-state index in [4.69, 9.17) is 9.72 Å². The second-order valence-corrected chi connectivity index (χ2v) is 8.30. The van der Waals surface area contributed by atoms with Gasteiger partial charge in [0.2, 0.25) is 11.9 Å². The van der Waals surface area contributed by atoms with Crippen LogP contribution in [0.5, 0.6) is 0 Å². The zero-order valence-corrected chi connectivity index (χ0v) is 16.8. The molecule has 2 aromatic carbocycles. The van der Waals surface area contributed by atoms with Gasteiger partial charge in [0.1, 0.15) is 0 Å². The highest BCUT2D eigenvalue weighted by Crippen LogP contribution is 2.30. The van der Waals surface area contributed by atoms with Crippen molar-refractivity contribution in [2.45, 2.75) is 13.5 Å². The van der Waals surface area contributed by atoms with Crippen LogP contribution in [0.4, 0.5) is 5.95 Å². The van der Waals surface area contributed by atoms with Gasteiger partial charge in [-0.1, -0.05) is 42.5 Å². The fourth-order valence-corrected chi connectivity index (χ4v) is 4.25. The summed E-state index contributed by atoms with van der Waals surface area (Å²) in [4.78, 5) is 22.0. The topological polar surface area (TPSA) is 50.6 Å². The van der Waals surface area contributed by atoms with E-state index in [0.29, 0.717) is 13.2 Å². The molecule has 0 spiro atoms. The van der Waals surface area contributed by atoms with Crippen molar-refractivity contribution >= 4 is 22.9 Å². The lowest BCUT2D eigenvalue weighted by molar-refractivity contribution is -0.169. The first-order chi connectivity index (χ1) is 14.1. The maximum absolute atomic E-state index is 12.8. The number of fused-ring (bicyclic) bond motifs is 1. The molecule has 2 aliphatic rings. The van der Waals surface area contributed by atoms with Crippen molar-refractivity contribution in [1.82, 2.24) is 14.5 Å². The van der Waals surface area contributed by atoms with Crippen molar-refractivity contribution in [3.8, 4) is 0 Å². The predicted octanol–water partition coefficient (Wildman–Crippen LogP) is 2.77. The number of rotatable bonds is 4. The average Bonchev–Trinajstić information content (AvgIpc) is 3.11. The summed E-state index contributed by atoms with van der Waals surface area (Å²) < 4.78 is 7.57. The van der Waals surface area contributed by atoms with Crippen molar-refractivity contribution in [1.29, 1.82) is 0 Å². The molecule has 6 nitrogen and oxygen atoms in total. The van der Waals surface area contributed by atoms with Crippen molar-refractivity contribution < 1.29 is 9.53 Å². The number of carbonyl (C=O) groups excluding carboxylic acids is 1. The summed E-state index contributed by atoms with van der Waals surface area (Å²) >= 11 is 0. The van der Waals surface area contributed by atoms with E-state index < -0.39 is 0 Å². The Kier molecular flexibility index (Phi) is 4.51. The lowest BCUT2D eigenvalue weighted by Crippen LogP contribution is -2.58. The molecule has 29 heavy (non-hydrogen) atoms. The number of para-hydroxylation sites is 2. The molecule has 0 N–H and O–H groups in total. The molecule has 5 rings (SSSR count). The molecule has 3 aromatic rings. The maximum Gasteiger partial charge on any atom is 0.233 e. The third kappa shape index (κ3) is 3.27. The van der Waals surface area contributed by atoms with E-state index in [2.05, 4.69) is 51.9 Å². The van der Waals surface area contributed by atoms with Crippen LogP contribution in [-0.4, -0.2) is 59.8 Å². The van der Waals surface area contributed by atoms with Crippen LogP contribution in [-0.2, 0) is 16.1 Å². The molecular formula is C23H26N4O2. The van der Waals surface area contributed by atoms with Crippen LogP contribution in [0, 0.1) is 5.41 Å². The number of piperazine rings is 1. The Bertz CT molecular complexity index is 1020. The minimum atomic E-state index is -0.331. The Morgan fingerprint density at radius 2 is 1.69 bits per heavy atom. The van der Waals surface area contributed by atoms with E-state index in [0.717, 1.165) is 49.7 Å². The van der Waals surface area contributed by atoms with Crippen LogP contribution in [0.1, 0.15) is 12.5 Å². The van der Waals surface area contributed by atoms with Gasteiger partial charge in [0.25, 0.3) is 0 Å². The minimum absolute atomic E-state index is 0.223. The van der Waals surface area contributed by atoms with Crippen LogP contribution < -0.4 is 4.90 Å². The number of benzene rings is 2. The number of aromatic nitrogens is 2. The maximum atomic E-state index is 12.8. The van der Waals surface area contributed by atoms with Gasteiger partial charge in [0, 0.05) is 26.2 Å². The normalized spacial score (nSPS) is 18.7. The number of hydrogen-bond acceptors (Lipinski definition) is 4. The first-order valence-corrected chi connectivity index (χ1v) is 10.3. The summed E-state index contributed by atoms with van der Waals surface area (Å²) in [6.07, 6.45) is 0. The molecule has 0 unspecified atom stereocenters. The Hall–Kier alpha value is -2.86. The van der Waals surface area contributed by atoms with Gasteiger partial charge in [-0.15, -0.1) is 0 Å². The van der Waals surface area contributed by atoms with Gasteiger partial charge in [0.15, 0.2) is 0 Å². The van der Waals surface area contributed by atoms with Crippen molar-refractivity contribution in [2.24, 2.45) is 5.41 Å². The Morgan fingerprint density at radius 1 is 1.00 bits per heavy atom. The molecule has 2 saturated heterocycles. The predicted molar refractivity (Wildman–Crippen MR) is 113 cm³/mol. The zero-order chi connectivity index (χ0) is 19.8. The molecule has 2 aliphatic heterocycles. The van der Waals surface area contributed by atoms with Crippen LogP contribution in [0.3, 0.4) is 0 Å². The Morgan fingerprint density at radius 3 is 2.38 bits per heavy atom. The lowest BCUT2D eigenvalue weighted by Gasteiger charge is -2.43. The molecule has 150 valence electrons. The summed E-state index contributed by atoms with van der Waals surface area (Å²) in [5, 5.41) is 0. The SMILES string of the molecule is CC1(C(=O)N2CCN(c3nc4ccccc4n3Cc3ccccc3)CC2)COC1. The number of nitrogens with zero attached hydrogens (tertiary/aromatic N) is 4. The van der Waals surface area contributed by atoms with Gasteiger partial charge >= 0.3 is 0 Å². The first kappa shape index (κ1) is 18.2. The van der Waals surface area contributed by atoms with E-state index in [1.165, 1.54) is 5.56 Å². The molecule has 1 aromatic heterocycles. The quantitative estimate of drug-likeness (QED) is 0.687. The molecule has 2 fully saturated rings. The van der Waals surface area contributed by atoms with Gasteiger partial charge in [-0.05, 0) is 24.6 Å². The third-order valence-electron chi connectivity index (χ3n) is 6.03. The second-order valence-electron chi connectivity index (χ2n) is 8.30. The fraction of sp³-hybridized carbons (Fsp3) is 0.391. The number of carbonyl (C=O) groups is 1. The summed E-state index contributed by atoms with van der Waals surface area (Å²) in [6.45, 7) is 6.90. The monoisotopic (exact) mass is 390 g/mol. The molecule has 0 bridgehead atoms. The molecule has 0 radical (unpaired) electrons. The number of ether oxygens (including phenoxy) is 1. The molecular weight excluding hydrogens is 364 g/mol. The summed E-state index contributed by atoms with van der Waals surface area (Å²) in [5.74, 6) is 1.21. The number of hydrogen-bond donors (Lipinski definition) is 0. The Labute approximate surface area is 170 Å². The third-order valence-corrected chi connectivity index (χ3v) is 6.03. The number of imidazole rings is 1. The first-order valence-electron chi connectivity index (χ1n) is 10.3. The minimum Gasteiger partial charge on any atom is -0.379 e. The second kappa shape index (κ2) is 7.19. The molecule has 0 saturated carbocycles. The van der Waals surface area contributed by atoms with E-state index >= 15 is 0 Å². The van der Waals surface area contributed by atoms with Crippen molar-refractivity contribution in [3.05, 3.63) is 60.2 Å². The zero-order valence-electron chi connectivity index (χ0n) is 16.8. The largest absolute Gasteiger partial charge is 0.379 e. The molecule has 3 heterocycles. The van der Waals surface area contributed by atoms with Gasteiger partial charge in [0.05, 0.1) is 36.2 Å². The fourth-order valence-electron chi connectivity index (χ4n) is 4.25. The highest BCUT2D eigenvalue weighted by atomic mass is 16.5. The van der Waals surface area contributed by atoms with Crippen LogP contribution in [0.2, 0.25) is 0 Å². The van der Waals surface area contributed by atoms with Crippen LogP contribution in [0.15, 0.2) is 54.6 Å². The van der Waals surface area contributed by atoms with Crippen molar-refractivity contribution in [3.63, 3.8) is 0 Å². The smallest absolute Gasteiger partial charge is 0.233 e. The van der Waals surface area contributed by atoms with Gasteiger partial charge in [-0.2, -0.15) is 0 Å². The van der Waals surface area contributed by atoms with Crippen LogP contribution >= 0.6 is 0 Å². The molecule has 0 atom stereocenters. The average molecular weight is 390 g/mol. The van der Waals surface area contributed by atoms with E-state index in [9.17, 15) is 4.79 Å². The van der Waals surface area contributed by atoms with Crippen molar-refractivity contribution in [2.75, 3.05) is 44.3 Å². The summed E-state index contributed by atoms with van der Waals surface area (Å²) in [6, 6.07) is 18.8. The summed E-state index contributed by atoms with van der Waals surface area (Å²) in [7, 11) is 0. The molecule has 0 aliphatic carbocycles. The summed E-state index contributed by atoms with van der Waals surface area (Å²) in [5.41, 5.74) is 3.08. The molecule has 1 amide bonds. The number of anilines is 1. The van der Waals surface area contributed by atoms with E-state index in [1.807, 2.05) is 24.0 Å². The highest BCUT2D eigenvalue weighted by molar-refractivity contribution is 5.84. The van der Waals surface area contributed by atoms with Gasteiger partial charge in [-0.3, -0.25) is 4.79 Å². The van der Waals surface area contributed by atoms with Crippen LogP contribution in [0.25, 0.3) is 11.0 Å². The lowest BCUT2D eigenvalue weighted by atomic mass is 9.86. The number of amides is 1. The van der Waals surface area contributed by atoms with Gasteiger partial charge < -0.3 is 19.1 Å². The van der Waals surface area contributed by atoms with E-state index in [1.54, 1.807) is 0 Å². The molecule has 6 heteroatoms.